The Bertz CT molecular complexity index is 3680. The molecule has 0 spiro atoms. The number of carbonyl (C=O) groups is 4. The minimum absolute atomic E-state index is 0. The maximum absolute atomic E-state index is 11.6. The SMILES string of the molecule is CO.COC(=O)c1ccc2c(c1)CCC(C)=C2.COC(=O)c1ccc2c(c1)CCC(c1ccc(C)cc1)=C2.COC(=O)c1ccc2c(c1)CCC(c1ccc(C)cc1)C2.Cc1ccc(B(O)O)cc1.Cc1ccc(C2CCc3cc(C(=O)NO)ccc3C2)cc1.[CH3-].[Pd]. The molecule has 2 unspecified atom stereocenters. The Morgan fingerprint density at radius 3 is 1.23 bits per heavy atom. The third-order valence-corrected chi connectivity index (χ3v) is 16.9. The number of allylic oxidation sites excluding steroid dienone is 2. The summed E-state index contributed by atoms with van der Waals surface area (Å²) in [5.74, 6) is -0.0928. The number of hydrogen-bond donors (Lipinski definition) is 5. The number of hydrogen-bond acceptors (Lipinski definition) is 11. The molecule has 0 fully saturated rings. The van der Waals surface area contributed by atoms with Crippen molar-refractivity contribution in [3.63, 3.8) is 0 Å². The van der Waals surface area contributed by atoms with E-state index in [0.717, 1.165) is 76.9 Å². The van der Waals surface area contributed by atoms with Gasteiger partial charge in [0.25, 0.3) is 5.91 Å². The van der Waals surface area contributed by atoms with E-state index in [0.29, 0.717) is 39.6 Å². The zero-order valence-electron chi connectivity index (χ0n) is 54.6. The molecule has 0 saturated carbocycles. The summed E-state index contributed by atoms with van der Waals surface area (Å²) in [6, 6.07) is 56.5. The summed E-state index contributed by atoms with van der Waals surface area (Å²) in [5, 5.41) is 33.0. The average Bonchev–Trinajstić information content (AvgIpc) is 1.60. The molecule has 12 rings (SSSR count). The quantitative estimate of drug-likeness (QED) is 0.0243. The Morgan fingerprint density at radius 2 is 0.804 bits per heavy atom. The molecule has 0 aromatic heterocycles. The first-order valence-corrected chi connectivity index (χ1v) is 30.6. The molecule has 5 N–H and O–H groups in total. The molecule has 12 nitrogen and oxygen atoms in total. The molecular formula is C78H87BNO11Pd-. The van der Waals surface area contributed by atoms with Crippen LogP contribution in [0.5, 0.6) is 0 Å². The molecular weight excluding hydrogens is 1240 g/mol. The second-order valence-electron chi connectivity index (χ2n) is 23.2. The number of benzene rings is 8. The predicted octanol–water partition coefficient (Wildman–Crippen LogP) is 14.3. The number of aryl methyl sites for hydroxylation is 8. The van der Waals surface area contributed by atoms with Gasteiger partial charge in [-0.3, -0.25) is 10.0 Å². The van der Waals surface area contributed by atoms with E-state index in [1.165, 1.54) is 110 Å². The minimum Gasteiger partial charge on any atom is -0.465 e. The molecule has 1 amide bonds. The summed E-state index contributed by atoms with van der Waals surface area (Å²) in [6.45, 7) is 10.4. The number of aliphatic hydroxyl groups is 1. The minimum atomic E-state index is -1.35. The van der Waals surface area contributed by atoms with Crippen molar-refractivity contribution in [2.45, 2.75) is 111 Å². The Balaban J connectivity index is 0.000000210. The van der Waals surface area contributed by atoms with Crippen LogP contribution in [0.15, 0.2) is 175 Å². The van der Waals surface area contributed by atoms with Gasteiger partial charge in [-0.05, 0) is 231 Å². The van der Waals surface area contributed by atoms with Crippen molar-refractivity contribution in [3.8, 4) is 0 Å². The van der Waals surface area contributed by atoms with Gasteiger partial charge < -0.3 is 36.8 Å². The Kier molecular flexibility index (Phi) is 29.6. The number of amides is 1. The Labute approximate surface area is 558 Å². The normalized spacial score (nSPS) is 14.3. The number of hydroxylamine groups is 1. The summed E-state index contributed by atoms with van der Waals surface area (Å²) >= 11 is 0. The van der Waals surface area contributed by atoms with Crippen LogP contribution < -0.4 is 10.9 Å². The molecule has 484 valence electrons. The van der Waals surface area contributed by atoms with Crippen molar-refractivity contribution in [2.24, 2.45) is 0 Å². The third kappa shape index (κ3) is 20.9. The molecule has 4 aliphatic rings. The first-order chi connectivity index (χ1) is 43.4. The molecule has 0 aliphatic heterocycles. The van der Waals surface area contributed by atoms with Crippen molar-refractivity contribution in [2.75, 3.05) is 28.4 Å². The van der Waals surface area contributed by atoms with Crippen LogP contribution in [-0.2, 0) is 73.2 Å². The number of carbonyl (C=O) groups excluding carboxylic acids is 4. The zero-order chi connectivity index (χ0) is 64.9. The molecule has 8 aromatic carbocycles. The second-order valence-corrected chi connectivity index (χ2v) is 23.2. The van der Waals surface area contributed by atoms with Crippen LogP contribution in [0.3, 0.4) is 0 Å². The molecule has 2 atom stereocenters. The van der Waals surface area contributed by atoms with Gasteiger partial charge in [0, 0.05) is 33.1 Å². The summed E-state index contributed by atoms with van der Waals surface area (Å²) in [7, 11) is 3.90. The number of esters is 3. The van der Waals surface area contributed by atoms with E-state index in [1.54, 1.807) is 23.7 Å². The number of nitrogens with one attached hydrogen (secondary N) is 1. The van der Waals surface area contributed by atoms with Crippen LogP contribution in [0.4, 0.5) is 0 Å². The van der Waals surface area contributed by atoms with Crippen LogP contribution in [-0.4, -0.2) is 79.7 Å². The number of aliphatic hydroxyl groups excluding tert-OH is 1. The van der Waals surface area contributed by atoms with E-state index in [-0.39, 0.29) is 45.8 Å². The third-order valence-electron chi connectivity index (χ3n) is 16.9. The van der Waals surface area contributed by atoms with E-state index in [9.17, 15) is 19.2 Å². The topological polar surface area (TPSA) is 189 Å². The van der Waals surface area contributed by atoms with Crippen molar-refractivity contribution in [3.05, 3.63) is 289 Å². The summed E-state index contributed by atoms with van der Waals surface area (Å²) in [6.07, 6.45) is 14.8. The smallest absolute Gasteiger partial charge is 0.465 e. The summed E-state index contributed by atoms with van der Waals surface area (Å²) in [5.41, 5.74) is 26.6. The first-order valence-electron chi connectivity index (χ1n) is 30.6. The van der Waals surface area contributed by atoms with Gasteiger partial charge in [0.1, 0.15) is 0 Å². The van der Waals surface area contributed by atoms with E-state index >= 15 is 0 Å². The molecule has 14 heteroatoms. The standard InChI is InChI=1S/C19H20O2.C19H18O2.C18H19NO2.C13H14O2.C7H9BO2.CH4O.CH3.Pd/c2*1-13-3-5-14(6-4-13)15-7-8-17-12-18(19(20)21-2)10-9-16(17)11-15;1-12-2-4-13(5-3-12)14-6-7-16-11-17(18(20)19-21)9-8-15(16)10-14;1-9-3-4-11-8-12(13(14)15-2)6-5-10(11)7-9;1-6-2-4-7(5-3-6)8(9)10;1-2;;/h3-6,9-10,12,15H,7-8,11H2,1-2H3;3-6,9-12H,7-8H2,1-2H3;2-5,8-9,11,14,21H,6-7,10H2,1H3,(H,19,20);5-8H,3-4H2,1-2H3;2-5,9-10H,1H3;2H,1H3;1H3;/q;;;;;;-1;. The van der Waals surface area contributed by atoms with Gasteiger partial charge in [0.05, 0.1) is 38.0 Å². The van der Waals surface area contributed by atoms with Gasteiger partial charge in [-0.15, -0.1) is 0 Å². The van der Waals surface area contributed by atoms with E-state index < -0.39 is 13.0 Å². The fourth-order valence-corrected chi connectivity index (χ4v) is 11.6. The number of methoxy groups -OCH3 is 3. The molecule has 8 aromatic rings. The van der Waals surface area contributed by atoms with Crippen molar-refractivity contribution in [1.82, 2.24) is 5.48 Å². The van der Waals surface area contributed by atoms with Crippen LogP contribution in [0.1, 0.15) is 169 Å². The molecule has 0 saturated heterocycles. The van der Waals surface area contributed by atoms with Crippen LogP contribution in [0, 0.1) is 35.1 Å². The second kappa shape index (κ2) is 36.7. The maximum atomic E-state index is 11.6. The summed E-state index contributed by atoms with van der Waals surface area (Å²) < 4.78 is 14.3. The Morgan fingerprint density at radius 1 is 0.435 bits per heavy atom. The molecule has 0 heterocycles. The van der Waals surface area contributed by atoms with Gasteiger partial charge in [0.15, 0.2) is 0 Å². The number of rotatable bonds is 8. The van der Waals surface area contributed by atoms with Gasteiger partial charge >= 0.3 is 25.0 Å². The monoisotopic (exact) mass is 1330 g/mol. The first kappa shape index (κ1) is 74.4. The summed E-state index contributed by atoms with van der Waals surface area (Å²) in [4.78, 5) is 46.0. The van der Waals surface area contributed by atoms with Gasteiger partial charge in [-0.25, -0.2) is 19.9 Å². The molecule has 0 bridgehead atoms. The molecule has 0 radical (unpaired) electrons. The Hall–Kier alpha value is -8.31. The number of fused-ring (bicyclic) bond motifs is 4. The van der Waals surface area contributed by atoms with Gasteiger partial charge in [-0.2, -0.15) is 0 Å². The maximum Gasteiger partial charge on any atom is 0.488 e. The number of ether oxygens (including phenoxy) is 3. The molecule has 92 heavy (non-hydrogen) atoms. The zero-order valence-corrected chi connectivity index (χ0v) is 56.1. The van der Waals surface area contributed by atoms with Gasteiger partial charge in [0.2, 0.25) is 0 Å². The fourth-order valence-electron chi connectivity index (χ4n) is 11.6. The van der Waals surface area contributed by atoms with E-state index in [4.69, 9.17) is 34.6 Å². The molecule has 4 aliphatic carbocycles. The van der Waals surface area contributed by atoms with E-state index in [1.807, 2.05) is 79.7 Å². The van der Waals surface area contributed by atoms with Crippen molar-refractivity contribution < 1.29 is 74.2 Å². The van der Waals surface area contributed by atoms with Crippen LogP contribution >= 0.6 is 0 Å². The van der Waals surface area contributed by atoms with Gasteiger partial charge in [-0.1, -0.05) is 161 Å². The fraction of sp³-hybridized carbons (Fsp3) is 0.269. The van der Waals surface area contributed by atoms with Crippen molar-refractivity contribution in [1.29, 1.82) is 0 Å². The van der Waals surface area contributed by atoms with Crippen molar-refractivity contribution >= 4 is 54.1 Å². The van der Waals surface area contributed by atoms with Crippen LogP contribution in [0.2, 0.25) is 0 Å². The largest absolute Gasteiger partial charge is 0.488 e. The average molecular weight is 1330 g/mol. The van der Waals surface area contributed by atoms with E-state index in [2.05, 4.69) is 119 Å². The van der Waals surface area contributed by atoms with Crippen LogP contribution in [0.25, 0.3) is 17.7 Å². The predicted molar refractivity (Wildman–Crippen MR) is 366 cm³/mol.